The monoisotopic (exact) mass is 354 g/mol. The largest absolute Gasteiger partial charge is 0.497 e. The van der Waals surface area contributed by atoms with Crippen LogP contribution in [0, 0.1) is 5.92 Å². The normalized spacial score (nSPS) is 10.9. The number of carbonyl (C=O) groups excluding carboxylic acids is 1. The predicted molar refractivity (Wildman–Crippen MR) is 96.8 cm³/mol. The van der Waals surface area contributed by atoms with Crippen LogP contribution in [0.5, 0.6) is 5.75 Å². The van der Waals surface area contributed by atoms with E-state index in [0.29, 0.717) is 36.2 Å². The second kappa shape index (κ2) is 7.91. The van der Waals surface area contributed by atoms with E-state index in [9.17, 15) is 4.79 Å². The van der Waals surface area contributed by atoms with Crippen molar-refractivity contribution in [2.24, 2.45) is 5.92 Å². The number of hydrogen-bond acceptors (Lipinski definition) is 5. The Labute approximate surface area is 152 Å². The van der Waals surface area contributed by atoms with Crippen LogP contribution in [-0.4, -0.2) is 29.6 Å². The van der Waals surface area contributed by atoms with Crippen LogP contribution in [0.15, 0.2) is 57.7 Å². The van der Waals surface area contributed by atoms with Crippen LogP contribution in [0.3, 0.4) is 0 Å². The molecule has 6 nitrogen and oxygen atoms in total. The van der Waals surface area contributed by atoms with Gasteiger partial charge in [0.1, 0.15) is 11.4 Å². The zero-order valence-electron chi connectivity index (χ0n) is 15.1. The highest BCUT2D eigenvalue weighted by atomic mass is 16.5. The summed E-state index contributed by atoms with van der Waals surface area (Å²) in [5, 5.41) is 4.12. The topological polar surface area (TPSA) is 68.7 Å². The summed E-state index contributed by atoms with van der Waals surface area (Å²) in [5.74, 6) is 1.86. The Morgan fingerprint density at radius 1 is 1.23 bits per heavy atom. The lowest BCUT2D eigenvalue weighted by Gasteiger charge is -2.22. The van der Waals surface area contributed by atoms with Crippen LogP contribution in [0.4, 0.5) is 0 Å². The maximum Gasteiger partial charge on any atom is 0.289 e. The van der Waals surface area contributed by atoms with Crippen molar-refractivity contribution in [2.75, 3.05) is 13.7 Å². The summed E-state index contributed by atoms with van der Waals surface area (Å²) in [6.07, 6.45) is 1.50. The number of ether oxygens (including phenoxy) is 1. The molecule has 6 heteroatoms. The van der Waals surface area contributed by atoms with E-state index in [1.54, 1.807) is 24.1 Å². The molecule has 0 spiro atoms. The summed E-state index contributed by atoms with van der Waals surface area (Å²) >= 11 is 0. The second-order valence-electron chi connectivity index (χ2n) is 6.47. The van der Waals surface area contributed by atoms with Crippen LogP contribution in [0.2, 0.25) is 0 Å². The maximum absolute atomic E-state index is 12.7. The minimum Gasteiger partial charge on any atom is -0.497 e. The lowest BCUT2D eigenvalue weighted by molar-refractivity contribution is 0.0686. The van der Waals surface area contributed by atoms with E-state index in [1.165, 1.54) is 6.26 Å². The minimum absolute atomic E-state index is 0.158. The summed E-state index contributed by atoms with van der Waals surface area (Å²) < 4.78 is 15.9. The summed E-state index contributed by atoms with van der Waals surface area (Å²) in [7, 11) is 1.62. The highest BCUT2D eigenvalue weighted by Gasteiger charge is 2.21. The quantitative estimate of drug-likeness (QED) is 0.635. The molecule has 3 rings (SSSR count). The van der Waals surface area contributed by atoms with Crippen LogP contribution in [0.1, 0.15) is 30.1 Å². The number of aromatic nitrogens is 1. The van der Waals surface area contributed by atoms with Crippen LogP contribution >= 0.6 is 0 Å². The van der Waals surface area contributed by atoms with E-state index in [4.69, 9.17) is 13.7 Å². The molecule has 0 fully saturated rings. The van der Waals surface area contributed by atoms with E-state index in [1.807, 2.05) is 30.3 Å². The van der Waals surface area contributed by atoms with E-state index >= 15 is 0 Å². The number of carbonyl (C=O) groups is 1. The number of benzene rings is 1. The van der Waals surface area contributed by atoms with Gasteiger partial charge in [0.25, 0.3) is 5.91 Å². The number of nitrogens with zero attached hydrogens (tertiary/aromatic N) is 2. The van der Waals surface area contributed by atoms with Crippen molar-refractivity contribution in [2.45, 2.75) is 20.4 Å². The first-order valence-electron chi connectivity index (χ1n) is 8.49. The number of furan rings is 1. The Hall–Kier alpha value is -3.02. The molecule has 1 aromatic carbocycles. The Kier molecular flexibility index (Phi) is 5.41. The van der Waals surface area contributed by atoms with Gasteiger partial charge in [-0.3, -0.25) is 4.79 Å². The van der Waals surface area contributed by atoms with Gasteiger partial charge in [0, 0.05) is 18.2 Å². The smallest absolute Gasteiger partial charge is 0.289 e. The van der Waals surface area contributed by atoms with E-state index in [2.05, 4.69) is 19.0 Å². The first kappa shape index (κ1) is 17.8. The number of hydrogen-bond donors (Lipinski definition) is 0. The van der Waals surface area contributed by atoms with Crippen molar-refractivity contribution in [1.82, 2.24) is 10.1 Å². The molecule has 1 amide bonds. The van der Waals surface area contributed by atoms with Gasteiger partial charge < -0.3 is 18.6 Å². The molecule has 0 aliphatic rings. The Morgan fingerprint density at radius 3 is 2.77 bits per heavy atom. The second-order valence-corrected chi connectivity index (χ2v) is 6.47. The van der Waals surface area contributed by atoms with Gasteiger partial charge in [0.05, 0.1) is 19.9 Å². The molecule has 2 aromatic heterocycles. The molecule has 0 saturated carbocycles. The molecular weight excluding hydrogens is 332 g/mol. The molecule has 0 radical (unpaired) electrons. The van der Waals surface area contributed by atoms with E-state index in [0.717, 1.165) is 11.3 Å². The van der Waals surface area contributed by atoms with Crippen molar-refractivity contribution in [3.05, 3.63) is 60.2 Å². The van der Waals surface area contributed by atoms with Gasteiger partial charge in [-0.15, -0.1) is 0 Å². The molecule has 0 bridgehead atoms. The first-order valence-corrected chi connectivity index (χ1v) is 8.49. The average molecular weight is 354 g/mol. The standard InChI is InChI=1S/C20H22N2O4/c1-14(2)12-22(20(23)18-8-5-9-25-18)13-16-11-19(26-21-16)15-6-4-7-17(10-15)24-3/h4-11,14H,12-13H2,1-3H3. The van der Waals surface area contributed by atoms with E-state index in [-0.39, 0.29) is 5.91 Å². The Morgan fingerprint density at radius 2 is 2.08 bits per heavy atom. The van der Waals surface area contributed by atoms with Gasteiger partial charge in [-0.05, 0) is 30.2 Å². The van der Waals surface area contributed by atoms with Crippen LogP contribution in [0.25, 0.3) is 11.3 Å². The molecule has 2 heterocycles. The van der Waals surface area contributed by atoms with Gasteiger partial charge in [-0.25, -0.2) is 0 Å². The van der Waals surface area contributed by atoms with Crippen molar-refractivity contribution >= 4 is 5.91 Å². The van der Waals surface area contributed by atoms with Crippen LogP contribution in [-0.2, 0) is 6.54 Å². The highest BCUT2D eigenvalue weighted by Crippen LogP contribution is 2.25. The molecule has 0 N–H and O–H groups in total. The molecule has 0 atom stereocenters. The molecule has 136 valence electrons. The number of methoxy groups -OCH3 is 1. The number of amides is 1. The highest BCUT2D eigenvalue weighted by molar-refractivity contribution is 5.91. The van der Waals surface area contributed by atoms with Crippen molar-refractivity contribution in [3.63, 3.8) is 0 Å². The number of rotatable bonds is 7. The Bertz CT molecular complexity index is 852. The van der Waals surface area contributed by atoms with Gasteiger partial charge in [0.2, 0.25) is 0 Å². The van der Waals surface area contributed by atoms with Gasteiger partial charge >= 0.3 is 0 Å². The fourth-order valence-corrected chi connectivity index (χ4v) is 2.71. The SMILES string of the molecule is COc1cccc(-c2cc(CN(CC(C)C)C(=O)c3ccco3)no2)c1. The fourth-order valence-electron chi connectivity index (χ4n) is 2.71. The third kappa shape index (κ3) is 4.14. The van der Waals surface area contributed by atoms with Gasteiger partial charge in [0.15, 0.2) is 11.5 Å². The molecule has 0 saturated heterocycles. The van der Waals surface area contributed by atoms with E-state index < -0.39 is 0 Å². The summed E-state index contributed by atoms with van der Waals surface area (Å²) in [5.41, 5.74) is 1.55. The Balaban J connectivity index is 1.79. The molecule has 3 aromatic rings. The van der Waals surface area contributed by atoms with Crippen molar-refractivity contribution in [3.8, 4) is 17.1 Å². The molecular formula is C20H22N2O4. The third-order valence-electron chi connectivity index (χ3n) is 3.87. The summed E-state index contributed by atoms with van der Waals surface area (Å²) in [6.45, 7) is 5.08. The summed E-state index contributed by atoms with van der Waals surface area (Å²) in [4.78, 5) is 14.4. The average Bonchev–Trinajstić information content (AvgIpc) is 3.32. The molecule has 0 aliphatic heterocycles. The zero-order chi connectivity index (χ0) is 18.5. The lowest BCUT2D eigenvalue weighted by Crippen LogP contribution is -2.33. The molecule has 0 aliphatic carbocycles. The maximum atomic E-state index is 12.7. The summed E-state index contributed by atoms with van der Waals surface area (Å²) in [6, 6.07) is 12.8. The van der Waals surface area contributed by atoms with Gasteiger partial charge in [-0.1, -0.05) is 31.1 Å². The van der Waals surface area contributed by atoms with Crippen molar-refractivity contribution in [1.29, 1.82) is 0 Å². The minimum atomic E-state index is -0.158. The lowest BCUT2D eigenvalue weighted by atomic mass is 10.1. The predicted octanol–water partition coefficient (Wildman–Crippen LogP) is 4.24. The van der Waals surface area contributed by atoms with Gasteiger partial charge in [-0.2, -0.15) is 0 Å². The first-order chi connectivity index (χ1) is 12.6. The van der Waals surface area contributed by atoms with Crippen LogP contribution < -0.4 is 4.74 Å². The zero-order valence-corrected chi connectivity index (χ0v) is 15.1. The van der Waals surface area contributed by atoms with Crippen molar-refractivity contribution < 1.29 is 18.5 Å². The molecule has 26 heavy (non-hydrogen) atoms. The molecule has 0 unspecified atom stereocenters. The fraction of sp³-hybridized carbons (Fsp3) is 0.300. The third-order valence-corrected chi connectivity index (χ3v) is 3.87.